The summed E-state index contributed by atoms with van der Waals surface area (Å²) in [6, 6.07) is 11.7. The zero-order chi connectivity index (χ0) is 13.4. The Morgan fingerprint density at radius 2 is 2.11 bits per heavy atom. The predicted molar refractivity (Wildman–Crippen MR) is 65.4 cm³/mol. The van der Waals surface area contributed by atoms with Gasteiger partial charge >= 0.3 is 6.09 Å². The van der Waals surface area contributed by atoms with Gasteiger partial charge in [-0.2, -0.15) is 5.26 Å². The molecule has 0 saturated carbocycles. The van der Waals surface area contributed by atoms with Crippen LogP contribution in [0.5, 0.6) is 0 Å². The lowest BCUT2D eigenvalue weighted by atomic mass is 9.95. The van der Waals surface area contributed by atoms with Crippen molar-refractivity contribution in [3.63, 3.8) is 0 Å². The van der Waals surface area contributed by atoms with Gasteiger partial charge in [0.25, 0.3) is 0 Å². The van der Waals surface area contributed by atoms with Crippen LogP contribution < -0.4 is 5.73 Å². The van der Waals surface area contributed by atoms with Crippen molar-refractivity contribution in [2.45, 2.75) is 18.9 Å². The maximum Gasteiger partial charge on any atom is 0.404 e. The van der Waals surface area contributed by atoms with Gasteiger partial charge < -0.3 is 15.6 Å². The summed E-state index contributed by atoms with van der Waals surface area (Å²) in [5.74, 6) is -0.330. The van der Waals surface area contributed by atoms with E-state index in [9.17, 15) is 4.79 Å². The lowest BCUT2D eigenvalue weighted by Gasteiger charge is -2.17. The van der Waals surface area contributed by atoms with E-state index in [-0.39, 0.29) is 18.9 Å². The van der Waals surface area contributed by atoms with E-state index in [1.807, 2.05) is 30.3 Å². The van der Waals surface area contributed by atoms with Crippen LogP contribution in [-0.2, 0) is 11.2 Å². The highest BCUT2D eigenvalue weighted by atomic mass is 16.6. The second kappa shape index (κ2) is 7.30. The molecule has 0 aliphatic carbocycles. The number of primary amides is 1. The minimum absolute atomic E-state index is 0.269. The number of aliphatic hydroxyl groups excluding tert-OH is 1. The second-order valence-corrected chi connectivity index (χ2v) is 3.99. The Morgan fingerprint density at radius 1 is 1.44 bits per heavy atom. The first-order chi connectivity index (χ1) is 8.65. The van der Waals surface area contributed by atoms with Gasteiger partial charge in [-0.15, -0.1) is 0 Å². The van der Waals surface area contributed by atoms with Crippen molar-refractivity contribution in [3.8, 4) is 6.07 Å². The molecule has 1 rings (SSSR count). The number of nitriles is 1. The van der Waals surface area contributed by atoms with Crippen LogP contribution in [0.25, 0.3) is 0 Å². The molecule has 3 N–H and O–H groups in total. The number of nitrogens with zero attached hydrogens (tertiary/aromatic N) is 1. The van der Waals surface area contributed by atoms with Crippen LogP contribution in [0.1, 0.15) is 12.0 Å². The van der Waals surface area contributed by atoms with Crippen LogP contribution in [-0.4, -0.2) is 23.9 Å². The molecule has 96 valence electrons. The first-order valence-corrected chi connectivity index (χ1v) is 5.66. The molecular formula is C13H16N2O3. The quantitative estimate of drug-likeness (QED) is 0.790. The lowest BCUT2D eigenvalue weighted by molar-refractivity contribution is 0.0526. The summed E-state index contributed by atoms with van der Waals surface area (Å²) in [7, 11) is 0. The molecule has 0 aromatic heterocycles. The molecular weight excluding hydrogens is 232 g/mol. The van der Waals surface area contributed by atoms with Crippen molar-refractivity contribution >= 4 is 6.09 Å². The van der Waals surface area contributed by atoms with Gasteiger partial charge in [0.2, 0.25) is 0 Å². The van der Waals surface area contributed by atoms with Gasteiger partial charge in [0, 0.05) is 6.42 Å². The van der Waals surface area contributed by atoms with Crippen LogP contribution in [0.15, 0.2) is 30.3 Å². The Bertz CT molecular complexity index is 414. The van der Waals surface area contributed by atoms with E-state index >= 15 is 0 Å². The third kappa shape index (κ3) is 4.85. The third-order valence-electron chi connectivity index (χ3n) is 2.54. The summed E-state index contributed by atoms with van der Waals surface area (Å²) in [5, 5.41) is 18.1. The van der Waals surface area contributed by atoms with Crippen LogP contribution >= 0.6 is 0 Å². The van der Waals surface area contributed by atoms with E-state index in [2.05, 4.69) is 6.07 Å². The van der Waals surface area contributed by atoms with Gasteiger partial charge in [0.15, 0.2) is 0 Å². The fourth-order valence-electron chi connectivity index (χ4n) is 1.72. The number of carbonyl (C=O) groups excluding carboxylic acids is 1. The number of carbonyl (C=O) groups is 1. The van der Waals surface area contributed by atoms with Gasteiger partial charge in [-0.05, 0) is 12.0 Å². The van der Waals surface area contributed by atoms with Gasteiger partial charge in [-0.1, -0.05) is 30.3 Å². The monoisotopic (exact) mass is 248 g/mol. The van der Waals surface area contributed by atoms with Crippen molar-refractivity contribution < 1.29 is 14.6 Å². The second-order valence-electron chi connectivity index (χ2n) is 3.99. The molecule has 1 aromatic carbocycles. The largest absolute Gasteiger partial charge is 0.444 e. The molecule has 0 fully saturated rings. The molecule has 1 aromatic rings. The molecule has 2 unspecified atom stereocenters. The smallest absolute Gasteiger partial charge is 0.404 e. The number of ether oxygens (including phenoxy) is 1. The Labute approximate surface area is 106 Å². The van der Waals surface area contributed by atoms with Crippen LogP contribution in [0.2, 0.25) is 0 Å². The number of nitrogens with two attached hydrogens (primary N) is 1. The zero-order valence-corrected chi connectivity index (χ0v) is 9.95. The summed E-state index contributed by atoms with van der Waals surface area (Å²) in [5.41, 5.74) is 5.91. The third-order valence-corrected chi connectivity index (χ3v) is 2.54. The van der Waals surface area contributed by atoms with Crippen molar-refractivity contribution in [1.29, 1.82) is 5.26 Å². The number of benzene rings is 1. The maximum atomic E-state index is 10.6. The van der Waals surface area contributed by atoms with Crippen molar-refractivity contribution in [2.24, 2.45) is 11.7 Å². The molecule has 0 aliphatic heterocycles. The lowest BCUT2D eigenvalue weighted by Crippen LogP contribution is -2.28. The van der Waals surface area contributed by atoms with Gasteiger partial charge in [0.05, 0.1) is 18.6 Å². The van der Waals surface area contributed by atoms with E-state index < -0.39 is 12.2 Å². The molecule has 2 atom stereocenters. The highest BCUT2D eigenvalue weighted by molar-refractivity contribution is 5.64. The van der Waals surface area contributed by atoms with E-state index in [0.29, 0.717) is 6.42 Å². The fourth-order valence-corrected chi connectivity index (χ4v) is 1.72. The predicted octanol–water partition coefficient (Wildman–Crippen LogP) is 1.22. The molecule has 0 aliphatic rings. The number of hydrogen-bond donors (Lipinski definition) is 2. The Morgan fingerprint density at radius 3 is 2.61 bits per heavy atom. The molecule has 5 nitrogen and oxygen atoms in total. The number of amides is 1. The van der Waals surface area contributed by atoms with E-state index in [4.69, 9.17) is 20.8 Å². The number of rotatable bonds is 6. The van der Waals surface area contributed by atoms with Crippen LogP contribution in [0.3, 0.4) is 0 Å². The van der Waals surface area contributed by atoms with Crippen molar-refractivity contribution in [1.82, 2.24) is 0 Å². The summed E-state index contributed by atoms with van der Waals surface area (Å²) in [4.78, 5) is 10.6. The molecule has 0 radical (unpaired) electrons. The highest BCUT2D eigenvalue weighted by Gasteiger charge is 2.18. The summed E-state index contributed by atoms with van der Waals surface area (Å²) in [6.45, 7) is -0.337. The molecule has 0 spiro atoms. The standard InChI is InChI=1S/C13H16N2O3/c14-8-11(6-10-4-2-1-3-5-10)7-12(9-16)18-13(15)17/h1-5,11-12,16H,6-7,9H2,(H2,15,17). The first-order valence-electron chi connectivity index (χ1n) is 5.66. The average Bonchev–Trinajstić information content (AvgIpc) is 2.37. The Kier molecular flexibility index (Phi) is 5.68. The van der Waals surface area contributed by atoms with E-state index in [1.54, 1.807) is 0 Å². The van der Waals surface area contributed by atoms with E-state index in [0.717, 1.165) is 5.56 Å². The highest BCUT2D eigenvalue weighted by Crippen LogP contribution is 2.15. The minimum Gasteiger partial charge on any atom is -0.444 e. The molecule has 0 heterocycles. The maximum absolute atomic E-state index is 10.6. The van der Waals surface area contributed by atoms with Gasteiger partial charge in [-0.3, -0.25) is 0 Å². The molecule has 0 bridgehead atoms. The number of hydrogen-bond acceptors (Lipinski definition) is 4. The summed E-state index contributed by atoms with van der Waals surface area (Å²) < 4.78 is 4.71. The SMILES string of the molecule is N#CC(Cc1ccccc1)CC(CO)OC(N)=O. The molecule has 1 amide bonds. The van der Waals surface area contributed by atoms with Gasteiger partial charge in [0.1, 0.15) is 6.10 Å². The molecule has 0 saturated heterocycles. The number of aliphatic hydroxyl groups is 1. The van der Waals surface area contributed by atoms with Crippen LogP contribution in [0, 0.1) is 17.2 Å². The van der Waals surface area contributed by atoms with Crippen molar-refractivity contribution in [3.05, 3.63) is 35.9 Å². The van der Waals surface area contributed by atoms with E-state index in [1.165, 1.54) is 0 Å². The normalized spacial score (nSPS) is 13.3. The topological polar surface area (TPSA) is 96.3 Å². The summed E-state index contributed by atoms with van der Waals surface area (Å²) >= 11 is 0. The van der Waals surface area contributed by atoms with Gasteiger partial charge in [-0.25, -0.2) is 4.79 Å². The Balaban J connectivity index is 2.56. The average molecular weight is 248 g/mol. The van der Waals surface area contributed by atoms with Crippen LogP contribution in [0.4, 0.5) is 4.79 Å². The molecule has 5 heteroatoms. The summed E-state index contributed by atoms with van der Waals surface area (Å²) in [6.07, 6.45) is -0.845. The minimum atomic E-state index is -0.939. The molecule has 18 heavy (non-hydrogen) atoms. The zero-order valence-electron chi connectivity index (χ0n) is 9.95. The Hall–Kier alpha value is -2.06. The van der Waals surface area contributed by atoms with Crippen molar-refractivity contribution in [2.75, 3.05) is 6.61 Å². The fraction of sp³-hybridized carbons (Fsp3) is 0.385. The first kappa shape index (κ1) is 14.0.